The lowest BCUT2D eigenvalue weighted by Gasteiger charge is -2.10. The van der Waals surface area contributed by atoms with Gasteiger partial charge in [0.15, 0.2) is 0 Å². The minimum atomic E-state index is -0.0123. The van der Waals surface area contributed by atoms with Gasteiger partial charge in [-0.1, -0.05) is 30.3 Å². The minimum absolute atomic E-state index is 0.0123. The molecule has 29 heavy (non-hydrogen) atoms. The number of pyridine rings is 1. The Balaban J connectivity index is 1.45. The number of carbonyl (C=O) groups is 1. The number of nitrogens with zero attached hydrogens (tertiary/aromatic N) is 2. The van der Waals surface area contributed by atoms with Crippen LogP contribution in [0.15, 0.2) is 60.2 Å². The number of aromatic nitrogens is 3. The van der Waals surface area contributed by atoms with Gasteiger partial charge >= 0.3 is 0 Å². The van der Waals surface area contributed by atoms with E-state index in [0.29, 0.717) is 6.54 Å². The molecule has 142 valence electrons. The lowest BCUT2D eigenvalue weighted by atomic mass is 10.1. The maximum atomic E-state index is 12.0. The molecule has 6 heteroatoms. The second-order valence-corrected chi connectivity index (χ2v) is 7.70. The Kier molecular flexibility index (Phi) is 4.54. The molecule has 1 amide bonds. The molecular weight excluding hydrogens is 380 g/mol. The molecule has 2 N–H and O–H groups in total. The first kappa shape index (κ1) is 17.6. The summed E-state index contributed by atoms with van der Waals surface area (Å²) in [5, 5.41) is 5.87. The van der Waals surface area contributed by atoms with Crippen molar-refractivity contribution < 1.29 is 4.79 Å². The summed E-state index contributed by atoms with van der Waals surface area (Å²) in [5.74, 6) is -0.0123. The summed E-state index contributed by atoms with van der Waals surface area (Å²) < 4.78 is 0. The number of fused-ring (bicyclic) bond motifs is 1. The fraction of sp³-hybridized carbons (Fsp3) is 0.0870. The van der Waals surface area contributed by atoms with Gasteiger partial charge in [0.2, 0.25) is 0 Å². The van der Waals surface area contributed by atoms with Crippen molar-refractivity contribution in [3.8, 4) is 21.8 Å². The number of benzene rings is 1. The SMILES string of the molecule is O=C1NCCc2[nH]c(-c3ccnc(/C=C/c4ccccc4-c4nccs4)c3)cc21. The molecule has 5 nitrogen and oxygen atoms in total. The third kappa shape index (κ3) is 3.50. The molecule has 3 aromatic heterocycles. The predicted octanol–water partition coefficient (Wildman–Crippen LogP) is 4.66. The van der Waals surface area contributed by atoms with Crippen LogP contribution in [0.3, 0.4) is 0 Å². The number of nitrogens with one attached hydrogen (secondary N) is 2. The van der Waals surface area contributed by atoms with Crippen LogP contribution in [0.4, 0.5) is 0 Å². The van der Waals surface area contributed by atoms with Crippen LogP contribution >= 0.6 is 11.3 Å². The molecule has 1 aliphatic heterocycles. The van der Waals surface area contributed by atoms with Crippen LogP contribution in [0.25, 0.3) is 34.0 Å². The maximum Gasteiger partial charge on any atom is 0.253 e. The molecular formula is C23H18N4OS. The van der Waals surface area contributed by atoms with Crippen molar-refractivity contribution in [3.63, 3.8) is 0 Å². The van der Waals surface area contributed by atoms with Gasteiger partial charge in [0, 0.05) is 53.3 Å². The molecule has 0 fully saturated rings. The number of amides is 1. The van der Waals surface area contributed by atoms with Crippen molar-refractivity contribution in [2.24, 2.45) is 0 Å². The normalized spacial score (nSPS) is 13.4. The second-order valence-electron chi connectivity index (χ2n) is 6.81. The molecule has 1 aliphatic rings. The molecule has 0 spiro atoms. The van der Waals surface area contributed by atoms with Gasteiger partial charge in [-0.15, -0.1) is 11.3 Å². The Morgan fingerprint density at radius 3 is 2.79 bits per heavy atom. The van der Waals surface area contributed by atoms with E-state index in [9.17, 15) is 4.79 Å². The molecule has 4 aromatic rings. The van der Waals surface area contributed by atoms with Crippen LogP contribution < -0.4 is 5.32 Å². The predicted molar refractivity (Wildman–Crippen MR) is 117 cm³/mol. The standard InChI is InChI=1S/C23H18N4OS/c28-22-19-14-21(27-20(19)8-10-25-22)16-7-9-24-17(13-16)6-5-15-3-1-2-4-18(15)23-26-11-12-29-23/h1-7,9,11-14,27H,8,10H2,(H,25,28)/b6-5+. The molecule has 0 aliphatic carbocycles. The van der Waals surface area contributed by atoms with Gasteiger partial charge in [-0.05, 0) is 29.8 Å². The summed E-state index contributed by atoms with van der Waals surface area (Å²) in [6, 6.07) is 14.1. The van der Waals surface area contributed by atoms with E-state index in [-0.39, 0.29) is 5.91 Å². The van der Waals surface area contributed by atoms with Crippen molar-refractivity contribution in [1.29, 1.82) is 0 Å². The number of hydrogen-bond donors (Lipinski definition) is 2. The molecule has 0 atom stereocenters. The molecule has 0 radical (unpaired) electrons. The summed E-state index contributed by atoms with van der Waals surface area (Å²) >= 11 is 1.63. The topological polar surface area (TPSA) is 70.7 Å². The molecule has 5 rings (SSSR count). The largest absolute Gasteiger partial charge is 0.358 e. The van der Waals surface area contributed by atoms with E-state index in [1.807, 2.05) is 48.0 Å². The van der Waals surface area contributed by atoms with Crippen LogP contribution in [0.2, 0.25) is 0 Å². The summed E-state index contributed by atoms with van der Waals surface area (Å²) in [7, 11) is 0. The number of rotatable bonds is 4. The lowest BCUT2D eigenvalue weighted by Crippen LogP contribution is -2.31. The van der Waals surface area contributed by atoms with E-state index < -0.39 is 0 Å². The highest BCUT2D eigenvalue weighted by atomic mass is 32.1. The quantitative estimate of drug-likeness (QED) is 0.525. The molecule has 1 aromatic carbocycles. The van der Waals surface area contributed by atoms with Crippen molar-refractivity contribution >= 4 is 29.4 Å². The third-order valence-corrected chi connectivity index (χ3v) is 5.76. The summed E-state index contributed by atoms with van der Waals surface area (Å²) in [4.78, 5) is 24.3. The Morgan fingerprint density at radius 2 is 1.93 bits per heavy atom. The fourth-order valence-corrected chi connectivity index (χ4v) is 4.21. The van der Waals surface area contributed by atoms with Crippen LogP contribution in [0, 0.1) is 0 Å². The van der Waals surface area contributed by atoms with Crippen LogP contribution in [0.5, 0.6) is 0 Å². The van der Waals surface area contributed by atoms with Crippen LogP contribution in [-0.2, 0) is 6.42 Å². The van der Waals surface area contributed by atoms with Crippen molar-refractivity contribution in [3.05, 3.63) is 82.8 Å². The van der Waals surface area contributed by atoms with E-state index in [4.69, 9.17) is 0 Å². The van der Waals surface area contributed by atoms with E-state index in [0.717, 1.165) is 50.8 Å². The first-order valence-corrected chi connectivity index (χ1v) is 10.3. The monoisotopic (exact) mass is 398 g/mol. The second kappa shape index (κ2) is 7.48. The highest BCUT2D eigenvalue weighted by Crippen LogP contribution is 2.28. The van der Waals surface area contributed by atoms with Gasteiger partial charge in [0.1, 0.15) is 5.01 Å². The number of thiazole rings is 1. The van der Waals surface area contributed by atoms with Crippen molar-refractivity contribution in [2.45, 2.75) is 6.42 Å². The Morgan fingerprint density at radius 1 is 1.00 bits per heavy atom. The van der Waals surface area contributed by atoms with Gasteiger partial charge in [0.25, 0.3) is 5.91 Å². The molecule has 0 saturated heterocycles. The van der Waals surface area contributed by atoms with E-state index in [1.165, 1.54) is 0 Å². The number of carbonyl (C=O) groups excluding carboxylic acids is 1. The first-order valence-electron chi connectivity index (χ1n) is 9.41. The fourth-order valence-electron chi connectivity index (χ4n) is 3.52. The molecule has 0 bridgehead atoms. The Bertz CT molecular complexity index is 1210. The van der Waals surface area contributed by atoms with Crippen LogP contribution in [0.1, 0.15) is 27.3 Å². The lowest BCUT2D eigenvalue weighted by molar-refractivity contribution is 0.0946. The zero-order chi connectivity index (χ0) is 19.6. The van der Waals surface area contributed by atoms with Gasteiger partial charge in [0.05, 0.1) is 11.3 Å². The van der Waals surface area contributed by atoms with E-state index in [2.05, 4.69) is 38.5 Å². The summed E-state index contributed by atoms with van der Waals surface area (Å²) in [5.41, 5.74) is 6.74. The Hall–Kier alpha value is -3.51. The van der Waals surface area contributed by atoms with Gasteiger partial charge in [-0.2, -0.15) is 0 Å². The minimum Gasteiger partial charge on any atom is -0.358 e. The van der Waals surface area contributed by atoms with Gasteiger partial charge in [-0.3, -0.25) is 9.78 Å². The average Bonchev–Trinajstić information content (AvgIpc) is 3.43. The molecule has 4 heterocycles. The number of H-pyrrole nitrogens is 1. The number of aromatic amines is 1. The van der Waals surface area contributed by atoms with E-state index in [1.54, 1.807) is 17.5 Å². The maximum absolute atomic E-state index is 12.0. The highest BCUT2D eigenvalue weighted by molar-refractivity contribution is 7.13. The Labute approximate surface area is 172 Å². The van der Waals surface area contributed by atoms with Crippen molar-refractivity contribution in [1.82, 2.24) is 20.3 Å². The van der Waals surface area contributed by atoms with Gasteiger partial charge in [-0.25, -0.2) is 4.98 Å². The van der Waals surface area contributed by atoms with Crippen molar-refractivity contribution in [2.75, 3.05) is 6.54 Å². The summed E-state index contributed by atoms with van der Waals surface area (Å²) in [6.45, 7) is 0.675. The van der Waals surface area contributed by atoms with E-state index >= 15 is 0 Å². The number of hydrogen-bond acceptors (Lipinski definition) is 4. The third-order valence-electron chi connectivity index (χ3n) is 4.95. The smallest absolute Gasteiger partial charge is 0.253 e. The van der Waals surface area contributed by atoms with Gasteiger partial charge < -0.3 is 10.3 Å². The molecule has 0 saturated carbocycles. The zero-order valence-corrected chi connectivity index (χ0v) is 16.4. The molecule has 0 unspecified atom stereocenters. The highest BCUT2D eigenvalue weighted by Gasteiger charge is 2.19. The summed E-state index contributed by atoms with van der Waals surface area (Å²) in [6.07, 6.45) is 8.51. The first-order chi connectivity index (χ1) is 14.3. The van der Waals surface area contributed by atoms with Crippen LogP contribution in [-0.4, -0.2) is 27.4 Å². The zero-order valence-electron chi connectivity index (χ0n) is 15.6. The average molecular weight is 398 g/mol.